The Balaban J connectivity index is 2.78. The SMILES string of the molecule is NC(=O)CC=Cc1cncc(C(=O)O)c1. The summed E-state index contributed by atoms with van der Waals surface area (Å²) in [4.78, 5) is 24.8. The van der Waals surface area contributed by atoms with Crippen molar-refractivity contribution < 1.29 is 14.7 Å². The third-order valence-electron chi connectivity index (χ3n) is 1.64. The molecule has 0 saturated heterocycles. The van der Waals surface area contributed by atoms with Crippen LogP contribution in [-0.2, 0) is 4.79 Å². The fraction of sp³-hybridized carbons (Fsp3) is 0.100. The molecule has 1 aromatic rings. The summed E-state index contributed by atoms with van der Waals surface area (Å²) >= 11 is 0. The number of hydrogen-bond acceptors (Lipinski definition) is 3. The van der Waals surface area contributed by atoms with Crippen molar-refractivity contribution >= 4 is 18.0 Å². The van der Waals surface area contributed by atoms with E-state index in [-0.39, 0.29) is 12.0 Å². The standard InChI is InChI=1S/C10H10N2O3/c11-9(13)3-1-2-7-4-8(10(14)15)6-12-5-7/h1-2,4-6H,3H2,(H2,11,13)(H,14,15). The Hall–Kier alpha value is -2.17. The highest BCUT2D eigenvalue weighted by molar-refractivity contribution is 5.87. The van der Waals surface area contributed by atoms with E-state index in [1.165, 1.54) is 18.5 Å². The highest BCUT2D eigenvalue weighted by atomic mass is 16.4. The molecule has 0 aliphatic carbocycles. The number of aromatic carboxylic acids is 1. The predicted octanol–water partition coefficient (Wildman–Crippen LogP) is 0.668. The van der Waals surface area contributed by atoms with Crippen molar-refractivity contribution in [3.63, 3.8) is 0 Å². The molecule has 5 nitrogen and oxygen atoms in total. The van der Waals surface area contributed by atoms with Crippen LogP contribution in [0.4, 0.5) is 0 Å². The van der Waals surface area contributed by atoms with Gasteiger partial charge in [-0.15, -0.1) is 0 Å². The lowest BCUT2D eigenvalue weighted by atomic mass is 10.2. The first-order chi connectivity index (χ1) is 7.09. The molecule has 0 atom stereocenters. The Bertz CT molecular complexity index is 413. The van der Waals surface area contributed by atoms with E-state index in [1.54, 1.807) is 12.2 Å². The maximum Gasteiger partial charge on any atom is 0.337 e. The van der Waals surface area contributed by atoms with Gasteiger partial charge in [-0.3, -0.25) is 9.78 Å². The van der Waals surface area contributed by atoms with Crippen LogP contribution in [0.5, 0.6) is 0 Å². The molecule has 0 unspecified atom stereocenters. The summed E-state index contributed by atoms with van der Waals surface area (Å²) in [6.45, 7) is 0. The van der Waals surface area contributed by atoms with Gasteiger partial charge in [-0.1, -0.05) is 12.2 Å². The molecule has 1 heterocycles. The third-order valence-corrected chi connectivity index (χ3v) is 1.64. The number of carboxylic acids is 1. The first kappa shape index (κ1) is 10.9. The molecule has 0 fully saturated rings. The fourth-order valence-electron chi connectivity index (χ4n) is 0.977. The van der Waals surface area contributed by atoms with Gasteiger partial charge in [-0.2, -0.15) is 0 Å². The molecule has 1 rings (SSSR count). The largest absolute Gasteiger partial charge is 0.478 e. The summed E-state index contributed by atoms with van der Waals surface area (Å²) < 4.78 is 0. The Kier molecular flexibility index (Phi) is 3.56. The van der Waals surface area contributed by atoms with Crippen molar-refractivity contribution in [2.75, 3.05) is 0 Å². The molecule has 1 amide bonds. The normalized spacial score (nSPS) is 10.4. The maximum absolute atomic E-state index is 10.6. The summed E-state index contributed by atoms with van der Waals surface area (Å²) in [6.07, 6.45) is 6.05. The molecule has 0 saturated carbocycles. The average molecular weight is 206 g/mol. The zero-order valence-corrected chi connectivity index (χ0v) is 7.88. The summed E-state index contributed by atoms with van der Waals surface area (Å²) in [7, 11) is 0. The number of rotatable bonds is 4. The second-order valence-corrected chi connectivity index (χ2v) is 2.88. The van der Waals surface area contributed by atoms with Gasteiger partial charge < -0.3 is 10.8 Å². The average Bonchev–Trinajstić information content (AvgIpc) is 2.17. The predicted molar refractivity (Wildman–Crippen MR) is 54.0 cm³/mol. The summed E-state index contributed by atoms with van der Waals surface area (Å²) in [5, 5.41) is 8.68. The molecule has 15 heavy (non-hydrogen) atoms. The first-order valence-electron chi connectivity index (χ1n) is 4.23. The monoisotopic (exact) mass is 206 g/mol. The smallest absolute Gasteiger partial charge is 0.337 e. The number of primary amides is 1. The Labute approximate surface area is 86.2 Å². The zero-order valence-electron chi connectivity index (χ0n) is 7.88. The van der Waals surface area contributed by atoms with Gasteiger partial charge in [0.25, 0.3) is 0 Å². The minimum Gasteiger partial charge on any atom is -0.478 e. The van der Waals surface area contributed by atoms with Crippen LogP contribution in [0.25, 0.3) is 6.08 Å². The first-order valence-corrected chi connectivity index (χ1v) is 4.23. The molecular formula is C10H10N2O3. The van der Waals surface area contributed by atoms with E-state index in [0.29, 0.717) is 5.56 Å². The number of pyridine rings is 1. The number of nitrogens with zero attached hydrogens (tertiary/aromatic N) is 1. The second kappa shape index (κ2) is 4.90. The lowest BCUT2D eigenvalue weighted by Crippen LogP contribution is -2.07. The number of carboxylic acid groups (broad SMARTS) is 1. The Morgan fingerprint density at radius 1 is 1.47 bits per heavy atom. The molecule has 78 valence electrons. The van der Waals surface area contributed by atoms with Gasteiger partial charge in [0.2, 0.25) is 5.91 Å². The molecule has 3 N–H and O–H groups in total. The molecule has 0 spiro atoms. The summed E-state index contributed by atoms with van der Waals surface area (Å²) in [5.41, 5.74) is 5.66. The van der Waals surface area contributed by atoms with Crippen molar-refractivity contribution in [2.45, 2.75) is 6.42 Å². The molecule has 0 radical (unpaired) electrons. The zero-order chi connectivity index (χ0) is 11.3. The topological polar surface area (TPSA) is 93.3 Å². The van der Waals surface area contributed by atoms with Gasteiger partial charge in [0, 0.05) is 18.8 Å². The van der Waals surface area contributed by atoms with Crippen LogP contribution in [0.15, 0.2) is 24.5 Å². The summed E-state index contributed by atoms with van der Waals surface area (Å²) in [6, 6.07) is 1.47. The number of carbonyl (C=O) groups is 2. The van der Waals surface area contributed by atoms with Gasteiger partial charge in [0.1, 0.15) is 0 Å². The molecule has 0 aromatic carbocycles. The molecule has 0 aliphatic rings. The number of hydrogen-bond donors (Lipinski definition) is 2. The van der Waals surface area contributed by atoms with Crippen LogP contribution in [-0.4, -0.2) is 22.0 Å². The van der Waals surface area contributed by atoms with Gasteiger partial charge in [-0.25, -0.2) is 4.79 Å². The van der Waals surface area contributed by atoms with E-state index in [2.05, 4.69) is 4.98 Å². The number of nitrogens with two attached hydrogens (primary N) is 1. The highest BCUT2D eigenvalue weighted by Gasteiger charge is 2.02. The van der Waals surface area contributed by atoms with E-state index >= 15 is 0 Å². The summed E-state index contributed by atoms with van der Waals surface area (Å²) in [5.74, 6) is -1.47. The van der Waals surface area contributed by atoms with Crippen LogP contribution >= 0.6 is 0 Å². The number of aromatic nitrogens is 1. The van der Waals surface area contributed by atoms with Gasteiger partial charge in [-0.05, 0) is 11.6 Å². The molecule has 0 bridgehead atoms. The number of carbonyl (C=O) groups excluding carboxylic acids is 1. The van der Waals surface area contributed by atoms with Crippen molar-refractivity contribution in [2.24, 2.45) is 5.73 Å². The molecule has 1 aromatic heterocycles. The van der Waals surface area contributed by atoms with Crippen molar-refractivity contribution in [1.82, 2.24) is 4.98 Å². The van der Waals surface area contributed by atoms with Crippen LogP contribution in [0.3, 0.4) is 0 Å². The van der Waals surface area contributed by atoms with Crippen LogP contribution in [0.2, 0.25) is 0 Å². The van der Waals surface area contributed by atoms with Crippen LogP contribution in [0.1, 0.15) is 22.3 Å². The molecular weight excluding hydrogens is 196 g/mol. The van der Waals surface area contributed by atoms with E-state index < -0.39 is 11.9 Å². The Morgan fingerprint density at radius 3 is 2.80 bits per heavy atom. The fourth-order valence-corrected chi connectivity index (χ4v) is 0.977. The maximum atomic E-state index is 10.6. The minimum absolute atomic E-state index is 0.108. The van der Waals surface area contributed by atoms with Crippen LogP contribution < -0.4 is 5.73 Å². The van der Waals surface area contributed by atoms with E-state index in [0.717, 1.165) is 0 Å². The quantitative estimate of drug-likeness (QED) is 0.757. The van der Waals surface area contributed by atoms with Gasteiger partial charge in [0.15, 0.2) is 0 Å². The van der Waals surface area contributed by atoms with Crippen molar-refractivity contribution in [1.29, 1.82) is 0 Å². The second-order valence-electron chi connectivity index (χ2n) is 2.88. The lowest BCUT2D eigenvalue weighted by Gasteiger charge is -1.95. The molecule has 0 aliphatic heterocycles. The van der Waals surface area contributed by atoms with Crippen LogP contribution in [0, 0.1) is 0 Å². The van der Waals surface area contributed by atoms with Crippen molar-refractivity contribution in [3.8, 4) is 0 Å². The molecule has 5 heteroatoms. The third kappa shape index (κ3) is 3.60. The van der Waals surface area contributed by atoms with E-state index in [1.807, 2.05) is 0 Å². The van der Waals surface area contributed by atoms with E-state index in [9.17, 15) is 9.59 Å². The minimum atomic E-state index is -1.03. The number of amides is 1. The van der Waals surface area contributed by atoms with Gasteiger partial charge in [0.05, 0.1) is 5.56 Å². The van der Waals surface area contributed by atoms with Gasteiger partial charge >= 0.3 is 5.97 Å². The lowest BCUT2D eigenvalue weighted by molar-refractivity contribution is -0.117. The Morgan fingerprint density at radius 2 is 2.20 bits per heavy atom. The van der Waals surface area contributed by atoms with E-state index in [4.69, 9.17) is 10.8 Å². The highest BCUT2D eigenvalue weighted by Crippen LogP contribution is 2.05. The van der Waals surface area contributed by atoms with Crippen molar-refractivity contribution in [3.05, 3.63) is 35.7 Å².